The average Bonchev–Trinajstić information content (AvgIpc) is 2.68. The van der Waals surface area contributed by atoms with Gasteiger partial charge in [0.25, 0.3) is 5.91 Å². The van der Waals surface area contributed by atoms with Crippen molar-refractivity contribution in [2.24, 2.45) is 0 Å². The number of hydrogen-bond donors (Lipinski definition) is 1. The van der Waals surface area contributed by atoms with Gasteiger partial charge in [0.1, 0.15) is 5.75 Å². The van der Waals surface area contributed by atoms with E-state index in [2.05, 4.69) is 15.9 Å². The van der Waals surface area contributed by atoms with E-state index in [1.165, 1.54) is 0 Å². The van der Waals surface area contributed by atoms with E-state index in [4.69, 9.17) is 4.74 Å². The van der Waals surface area contributed by atoms with Crippen LogP contribution in [0.2, 0.25) is 0 Å². The number of amides is 1. The Hall–Kier alpha value is -1.07. The lowest BCUT2D eigenvalue weighted by atomic mass is 10.00. The first kappa shape index (κ1) is 13.9. The van der Waals surface area contributed by atoms with Crippen molar-refractivity contribution in [3.63, 3.8) is 0 Å². The van der Waals surface area contributed by atoms with Gasteiger partial charge < -0.3 is 14.7 Å². The highest BCUT2D eigenvalue weighted by molar-refractivity contribution is 9.10. The van der Waals surface area contributed by atoms with Crippen LogP contribution in [0.4, 0.5) is 0 Å². The highest BCUT2D eigenvalue weighted by Crippen LogP contribution is 2.35. The van der Waals surface area contributed by atoms with Gasteiger partial charge in [0.2, 0.25) is 0 Å². The fraction of sp³-hybridized carbons (Fsp3) is 0.533. The molecule has 5 heteroatoms. The molecule has 2 fully saturated rings. The van der Waals surface area contributed by atoms with Crippen molar-refractivity contribution >= 4 is 21.8 Å². The Kier molecular flexibility index (Phi) is 3.98. The molecule has 0 aliphatic carbocycles. The number of ether oxygens (including phenoxy) is 1. The largest absolute Gasteiger partial charge is 0.484 e. The SMILES string of the molecule is O=C(COc1cccc(Br)c1)N1C2CCC1CC(O)C2. The van der Waals surface area contributed by atoms with Crippen molar-refractivity contribution in [2.75, 3.05) is 6.61 Å². The van der Waals surface area contributed by atoms with Crippen LogP contribution in [0.3, 0.4) is 0 Å². The molecule has 1 amide bonds. The minimum atomic E-state index is -0.248. The van der Waals surface area contributed by atoms with E-state index in [0.717, 1.165) is 17.3 Å². The molecule has 1 aromatic carbocycles. The number of aliphatic hydroxyl groups excluding tert-OH is 1. The first-order valence-corrected chi connectivity index (χ1v) is 7.80. The van der Waals surface area contributed by atoms with Gasteiger partial charge in [-0.25, -0.2) is 0 Å². The predicted molar refractivity (Wildman–Crippen MR) is 78.5 cm³/mol. The van der Waals surface area contributed by atoms with Crippen LogP contribution in [-0.2, 0) is 4.79 Å². The lowest BCUT2D eigenvalue weighted by Gasteiger charge is -2.37. The second-order valence-electron chi connectivity index (χ2n) is 5.56. The van der Waals surface area contributed by atoms with Crippen molar-refractivity contribution in [1.82, 2.24) is 4.90 Å². The number of halogens is 1. The summed E-state index contributed by atoms with van der Waals surface area (Å²) in [5, 5.41) is 9.75. The van der Waals surface area contributed by atoms with Crippen LogP contribution in [-0.4, -0.2) is 40.7 Å². The number of carbonyl (C=O) groups excluding carboxylic acids is 1. The molecule has 0 aromatic heterocycles. The van der Waals surface area contributed by atoms with Gasteiger partial charge in [0, 0.05) is 16.6 Å². The fourth-order valence-corrected chi connectivity index (χ4v) is 3.71. The first-order chi connectivity index (χ1) is 9.63. The number of hydrogen-bond acceptors (Lipinski definition) is 3. The topological polar surface area (TPSA) is 49.8 Å². The smallest absolute Gasteiger partial charge is 0.261 e. The number of benzene rings is 1. The van der Waals surface area contributed by atoms with E-state index in [9.17, 15) is 9.90 Å². The predicted octanol–water partition coefficient (Wildman–Crippen LogP) is 2.34. The van der Waals surface area contributed by atoms with Gasteiger partial charge in [-0.05, 0) is 43.9 Å². The first-order valence-electron chi connectivity index (χ1n) is 7.01. The molecule has 2 aliphatic heterocycles. The van der Waals surface area contributed by atoms with E-state index in [-0.39, 0.29) is 30.7 Å². The molecule has 0 saturated carbocycles. The summed E-state index contributed by atoms with van der Waals surface area (Å²) in [6.07, 6.45) is 3.18. The van der Waals surface area contributed by atoms with Crippen molar-refractivity contribution < 1.29 is 14.6 Å². The van der Waals surface area contributed by atoms with Crippen LogP contribution in [0, 0.1) is 0 Å². The molecule has 108 valence electrons. The zero-order valence-electron chi connectivity index (χ0n) is 11.2. The maximum atomic E-state index is 12.3. The van der Waals surface area contributed by atoms with E-state index in [1.807, 2.05) is 29.2 Å². The zero-order chi connectivity index (χ0) is 14.1. The Bertz CT molecular complexity index is 494. The van der Waals surface area contributed by atoms with Gasteiger partial charge in [-0.15, -0.1) is 0 Å². The fourth-order valence-electron chi connectivity index (χ4n) is 3.33. The number of rotatable bonds is 3. The quantitative estimate of drug-likeness (QED) is 0.919. The lowest BCUT2D eigenvalue weighted by molar-refractivity contribution is -0.139. The van der Waals surface area contributed by atoms with Crippen LogP contribution >= 0.6 is 15.9 Å². The number of fused-ring (bicyclic) bond motifs is 2. The molecule has 0 spiro atoms. The van der Waals surface area contributed by atoms with E-state index < -0.39 is 0 Å². The second kappa shape index (κ2) is 5.74. The van der Waals surface area contributed by atoms with Crippen molar-refractivity contribution in [2.45, 2.75) is 43.9 Å². The van der Waals surface area contributed by atoms with Crippen molar-refractivity contribution in [1.29, 1.82) is 0 Å². The number of carbonyl (C=O) groups is 1. The molecule has 20 heavy (non-hydrogen) atoms. The normalized spacial score (nSPS) is 28.5. The molecular weight excluding hydrogens is 322 g/mol. The van der Waals surface area contributed by atoms with Crippen molar-refractivity contribution in [3.8, 4) is 5.75 Å². The maximum Gasteiger partial charge on any atom is 0.261 e. The number of aliphatic hydroxyl groups is 1. The Morgan fingerprint density at radius 1 is 1.35 bits per heavy atom. The highest BCUT2D eigenvalue weighted by atomic mass is 79.9. The van der Waals surface area contributed by atoms with Gasteiger partial charge in [0.05, 0.1) is 6.10 Å². The molecule has 2 unspecified atom stereocenters. The van der Waals surface area contributed by atoms with Gasteiger partial charge in [-0.1, -0.05) is 22.0 Å². The summed E-state index contributed by atoms with van der Waals surface area (Å²) >= 11 is 3.38. The molecule has 0 radical (unpaired) electrons. The van der Waals surface area contributed by atoms with Crippen LogP contribution < -0.4 is 4.74 Å². The van der Waals surface area contributed by atoms with Crippen molar-refractivity contribution in [3.05, 3.63) is 28.7 Å². The van der Waals surface area contributed by atoms with Gasteiger partial charge in [0.15, 0.2) is 6.61 Å². The molecule has 2 saturated heterocycles. The summed E-state index contributed by atoms with van der Waals surface area (Å²) in [4.78, 5) is 14.3. The molecular formula is C15H18BrNO3. The third-order valence-corrected chi connectivity index (χ3v) is 4.65. The lowest BCUT2D eigenvalue weighted by Crippen LogP contribution is -2.49. The summed E-state index contributed by atoms with van der Waals surface area (Å²) in [7, 11) is 0. The second-order valence-corrected chi connectivity index (χ2v) is 6.47. The van der Waals surface area contributed by atoms with Crippen LogP contribution in [0.25, 0.3) is 0 Å². The number of nitrogens with zero attached hydrogens (tertiary/aromatic N) is 1. The highest BCUT2D eigenvalue weighted by Gasteiger charge is 2.42. The summed E-state index contributed by atoms with van der Waals surface area (Å²) in [5.74, 6) is 0.724. The van der Waals surface area contributed by atoms with Gasteiger partial charge >= 0.3 is 0 Å². The Labute approximate surface area is 126 Å². The third kappa shape index (κ3) is 2.83. The van der Waals surface area contributed by atoms with Crippen LogP contribution in [0.15, 0.2) is 28.7 Å². The molecule has 3 rings (SSSR count). The standard InChI is InChI=1S/C15H18BrNO3/c16-10-2-1-3-14(6-10)20-9-15(19)17-11-4-5-12(17)8-13(18)7-11/h1-3,6,11-13,18H,4-5,7-9H2. The van der Waals surface area contributed by atoms with Gasteiger partial charge in [-0.2, -0.15) is 0 Å². The molecule has 2 atom stereocenters. The summed E-state index contributed by atoms with van der Waals surface area (Å²) < 4.78 is 6.50. The molecule has 4 nitrogen and oxygen atoms in total. The molecule has 2 heterocycles. The summed E-state index contributed by atoms with van der Waals surface area (Å²) in [6, 6.07) is 7.88. The Morgan fingerprint density at radius 3 is 2.70 bits per heavy atom. The average molecular weight is 340 g/mol. The number of piperidine rings is 1. The summed E-state index contributed by atoms with van der Waals surface area (Å²) in [5.41, 5.74) is 0. The Morgan fingerprint density at radius 2 is 2.05 bits per heavy atom. The molecule has 1 aromatic rings. The van der Waals surface area contributed by atoms with Crippen LogP contribution in [0.1, 0.15) is 25.7 Å². The molecule has 2 aliphatic rings. The third-order valence-electron chi connectivity index (χ3n) is 4.15. The zero-order valence-corrected chi connectivity index (χ0v) is 12.8. The molecule has 1 N–H and O–H groups in total. The monoisotopic (exact) mass is 339 g/mol. The van der Waals surface area contributed by atoms with Gasteiger partial charge in [-0.3, -0.25) is 4.79 Å². The minimum absolute atomic E-state index is 0.0318. The van der Waals surface area contributed by atoms with E-state index in [0.29, 0.717) is 18.6 Å². The Balaban J connectivity index is 1.60. The maximum absolute atomic E-state index is 12.3. The molecule has 2 bridgehead atoms. The van der Waals surface area contributed by atoms with Crippen LogP contribution in [0.5, 0.6) is 5.75 Å². The minimum Gasteiger partial charge on any atom is -0.484 e. The summed E-state index contributed by atoms with van der Waals surface area (Å²) in [6.45, 7) is 0.0690. The van der Waals surface area contributed by atoms with E-state index >= 15 is 0 Å². The van der Waals surface area contributed by atoms with E-state index in [1.54, 1.807) is 0 Å².